The lowest BCUT2D eigenvalue weighted by Crippen LogP contribution is -2.31. The average Bonchev–Trinajstić information content (AvgIpc) is 2.82. The van der Waals surface area contributed by atoms with Crippen LogP contribution in [0.3, 0.4) is 0 Å². The van der Waals surface area contributed by atoms with E-state index >= 15 is 0 Å². The van der Waals surface area contributed by atoms with Crippen molar-refractivity contribution in [2.75, 3.05) is 39.3 Å². The van der Waals surface area contributed by atoms with Crippen molar-refractivity contribution in [3.63, 3.8) is 0 Å². The Kier molecular flexibility index (Phi) is 7.09. The van der Waals surface area contributed by atoms with E-state index in [0.717, 1.165) is 0 Å². The van der Waals surface area contributed by atoms with Gasteiger partial charge in [-0.1, -0.05) is 13.8 Å². The molecule has 0 aliphatic carbocycles. The minimum absolute atomic E-state index is 0.0496. The minimum atomic E-state index is -3.75. The van der Waals surface area contributed by atoms with E-state index in [9.17, 15) is 18.0 Å². The molecule has 0 spiro atoms. The summed E-state index contributed by atoms with van der Waals surface area (Å²) in [5, 5.41) is 0.333. The summed E-state index contributed by atoms with van der Waals surface area (Å²) in [5.74, 6) is 0.476. The molecule has 2 aromatic carbocycles. The molecule has 9 nitrogen and oxygen atoms in total. The van der Waals surface area contributed by atoms with Crippen LogP contribution in [0.2, 0.25) is 0 Å². The number of H-pyrrole nitrogens is 1. The number of rotatable bonds is 8. The molecule has 0 unspecified atom stereocenters. The molecule has 10 heteroatoms. The second kappa shape index (κ2) is 9.63. The van der Waals surface area contributed by atoms with Crippen molar-refractivity contribution < 1.29 is 22.7 Å². The number of carbonyl (C=O) groups is 1. The molecule has 33 heavy (non-hydrogen) atoms. The van der Waals surface area contributed by atoms with Gasteiger partial charge in [-0.2, -0.15) is 4.31 Å². The lowest BCUT2D eigenvalue weighted by molar-refractivity contribution is 0.0994. The smallest absolute Gasteiger partial charge is 0.258 e. The fraction of sp³-hybridized carbons (Fsp3) is 0.304. The van der Waals surface area contributed by atoms with Gasteiger partial charge in [-0.3, -0.25) is 9.59 Å². The number of carbonyl (C=O) groups excluding carboxylic acids is 1. The topological polar surface area (TPSA) is 109 Å². The second-order valence-electron chi connectivity index (χ2n) is 7.25. The number of pyridine rings is 1. The van der Waals surface area contributed by atoms with Crippen LogP contribution >= 0.6 is 0 Å². The number of fused-ring (bicyclic) bond motifs is 1. The highest BCUT2D eigenvalue weighted by Crippen LogP contribution is 2.32. The monoisotopic (exact) mass is 473 g/mol. The van der Waals surface area contributed by atoms with E-state index in [1.165, 1.54) is 47.7 Å². The van der Waals surface area contributed by atoms with Gasteiger partial charge in [0.05, 0.1) is 24.7 Å². The molecule has 0 fully saturated rings. The van der Waals surface area contributed by atoms with Crippen LogP contribution < -0.4 is 19.9 Å². The van der Waals surface area contributed by atoms with Crippen LogP contribution in [0.15, 0.2) is 52.2 Å². The highest BCUT2D eigenvalue weighted by Gasteiger charge is 2.24. The normalized spacial score (nSPS) is 11.6. The Morgan fingerprint density at radius 3 is 2.24 bits per heavy atom. The fourth-order valence-corrected chi connectivity index (χ4v) is 5.10. The molecule has 0 bridgehead atoms. The quantitative estimate of drug-likeness (QED) is 0.539. The fourth-order valence-electron chi connectivity index (χ4n) is 3.61. The van der Waals surface area contributed by atoms with Crippen molar-refractivity contribution in [1.29, 1.82) is 0 Å². The van der Waals surface area contributed by atoms with Crippen LogP contribution in [-0.2, 0) is 10.0 Å². The predicted octanol–water partition coefficient (Wildman–Crippen LogP) is 2.85. The Hall–Kier alpha value is -3.37. The van der Waals surface area contributed by atoms with E-state index in [1.54, 1.807) is 39.1 Å². The number of nitrogens with zero attached hydrogens (tertiary/aromatic N) is 2. The van der Waals surface area contributed by atoms with Crippen LogP contribution in [0, 0.1) is 0 Å². The van der Waals surface area contributed by atoms with Gasteiger partial charge >= 0.3 is 0 Å². The standard InChI is InChI=1S/C23H27N3O6S/c1-6-26(7-2)33(29,30)16-9-10-19-17(13-16)18(14-22(27)24-19)23(28)25(3)15-8-11-20(31-4)21(12-15)32-5/h8-14H,6-7H2,1-5H3,(H,24,27). The van der Waals surface area contributed by atoms with Crippen LogP contribution in [0.25, 0.3) is 10.9 Å². The first-order chi connectivity index (χ1) is 15.7. The number of amides is 1. The summed E-state index contributed by atoms with van der Waals surface area (Å²) in [6.07, 6.45) is 0. The predicted molar refractivity (Wildman–Crippen MR) is 127 cm³/mol. The lowest BCUT2D eigenvalue weighted by atomic mass is 10.1. The Morgan fingerprint density at radius 2 is 1.64 bits per heavy atom. The number of hydrogen-bond donors (Lipinski definition) is 1. The van der Waals surface area contributed by atoms with Crippen LogP contribution in [-0.4, -0.2) is 58.0 Å². The van der Waals surface area contributed by atoms with E-state index in [1.807, 2.05) is 0 Å². The number of ether oxygens (including phenoxy) is 2. The SMILES string of the molecule is CCN(CC)S(=O)(=O)c1ccc2[nH]c(=O)cc(C(=O)N(C)c3ccc(OC)c(OC)c3)c2c1. The van der Waals surface area contributed by atoms with Gasteiger partial charge < -0.3 is 19.4 Å². The summed E-state index contributed by atoms with van der Waals surface area (Å²) in [6, 6.07) is 10.5. The van der Waals surface area contributed by atoms with E-state index in [2.05, 4.69) is 4.98 Å². The van der Waals surface area contributed by atoms with Gasteiger partial charge in [0, 0.05) is 48.9 Å². The Balaban J connectivity index is 2.14. The number of methoxy groups -OCH3 is 2. The number of sulfonamides is 1. The van der Waals surface area contributed by atoms with Crippen molar-refractivity contribution >= 4 is 32.5 Å². The first-order valence-electron chi connectivity index (χ1n) is 10.3. The van der Waals surface area contributed by atoms with Crippen molar-refractivity contribution in [1.82, 2.24) is 9.29 Å². The van der Waals surface area contributed by atoms with Gasteiger partial charge in [0.1, 0.15) is 0 Å². The summed E-state index contributed by atoms with van der Waals surface area (Å²) in [7, 11) is 0.818. The molecule has 0 atom stereocenters. The average molecular weight is 474 g/mol. The van der Waals surface area contributed by atoms with Gasteiger partial charge in [-0.25, -0.2) is 8.42 Å². The van der Waals surface area contributed by atoms with Gasteiger partial charge in [-0.15, -0.1) is 0 Å². The molecule has 176 valence electrons. The molecule has 1 amide bonds. The molecule has 0 aliphatic rings. The third kappa shape index (κ3) is 4.57. The summed E-state index contributed by atoms with van der Waals surface area (Å²) < 4.78 is 37.9. The second-order valence-corrected chi connectivity index (χ2v) is 9.19. The maximum atomic E-state index is 13.4. The minimum Gasteiger partial charge on any atom is -0.493 e. The highest BCUT2D eigenvalue weighted by molar-refractivity contribution is 7.89. The van der Waals surface area contributed by atoms with Crippen LogP contribution in [0.4, 0.5) is 5.69 Å². The molecule has 3 aromatic rings. The van der Waals surface area contributed by atoms with Gasteiger partial charge in [0.2, 0.25) is 15.6 Å². The van der Waals surface area contributed by atoms with E-state index in [-0.39, 0.29) is 10.5 Å². The zero-order chi connectivity index (χ0) is 24.3. The summed E-state index contributed by atoms with van der Waals surface area (Å²) in [4.78, 5) is 29.7. The Labute approximate surface area is 192 Å². The third-order valence-electron chi connectivity index (χ3n) is 5.45. The molecule has 0 aliphatic heterocycles. The molecule has 1 N–H and O–H groups in total. The number of nitrogens with one attached hydrogen (secondary N) is 1. The summed E-state index contributed by atoms with van der Waals surface area (Å²) >= 11 is 0. The number of aromatic nitrogens is 1. The van der Waals surface area contributed by atoms with E-state index in [0.29, 0.717) is 41.2 Å². The van der Waals surface area contributed by atoms with Crippen molar-refractivity contribution in [2.45, 2.75) is 18.7 Å². The largest absolute Gasteiger partial charge is 0.493 e. The molecule has 0 radical (unpaired) electrons. The first kappa shape index (κ1) is 24.3. The molecule has 0 saturated heterocycles. The van der Waals surface area contributed by atoms with Gasteiger partial charge in [-0.05, 0) is 30.3 Å². The number of aromatic amines is 1. The zero-order valence-corrected chi connectivity index (χ0v) is 20.0. The highest BCUT2D eigenvalue weighted by atomic mass is 32.2. The van der Waals surface area contributed by atoms with Crippen molar-refractivity contribution in [3.8, 4) is 11.5 Å². The molecule has 0 saturated carbocycles. The van der Waals surface area contributed by atoms with Crippen LogP contribution in [0.1, 0.15) is 24.2 Å². The molecular formula is C23H27N3O6S. The Morgan fingerprint density at radius 1 is 0.970 bits per heavy atom. The molecular weight excluding hydrogens is 446 g/mol. The first-order valence-corrected chi connectivity index (χ1v) is 11.8. The van der Waals surface area contributed by atoms with Crippen LogP contribution in [0.5, 0.6) is 11.5 Å². The van der Waals surface area contributed by atoms with Crippen molar-refractivity contribution in [2.24, 2.45) is 0 Å². The maximum Gasteiger partial charge on any atom is 0.258 e. The van der Waals surface area contributed by atoms with Crippen molar-refractivity contribution in [3.05, 3.63) is 58.4 Å². The molecule has 3 rings (SSSR count). The number of anilines is 1. The van der Waals surface area contributed by atoms with E-state index < -0.39 is 21.5 Å². The third-order valence-corrected chi connectivity index (χ3v) is 7.49. The van der Waals surface area contributed by atoms with E-state index in [4.69, 9.17) is 9.47 Å². The molecule has 1 heterocycles. The number of benzene rings is 2. The lowest BCUT2D eigenvalue weighted by Gasteiger charge is -2.21. The number of hydrogen-bond acceptors (Lipinski definition) is 6. The summed E-state index contributed by atoms with van der Waals surface area (Å²) in [6.45, 7) is 4.14. The van der Waals surface area contributed by atoms with Gasteiger partial charge in [0.25, 0.3) is 5.91 Å². The van der Waals surface area contributed by atoms with Gasteiger partial charge in [0.15, 0.2) is 11.5 Å². The molecule has 1 aromatic heterocycles. The Bertz CT molecular complexity index is 1350. The maximum absolute atomic E-state index is 13.4. The zero-order valence-electron chi connectivity index (χ0n) is 19.2. The summed E-state index contributed by atoms with van der Waals surface area (Å²) in [5.41, 5.74) is 0.497.